The number of amides is 1. The third kappa shape index (κ3) is 2.65. The molecule has 0 fully saturated rings. The first-order valence-corrected chi connectivity index (χ1v) is 5.70. The van der Waals surface area contributed by atoms with Crippen molar-refractivity contribution in [3.05, 3.63) is 40.9 Å². The number of rotatable bonds is 2. The van der Waals surface area contributed by atoms with Crippen molar-refractivity contribution in [2.24, 2.45) is 7.05 Å². The standard InChI is InChI=1S/C11H11BrN4O/c1-16-5-10(14-6-16)11(17)15-7-2-3-8(12)9(13)4-7/h2-6H,13H2,1H3,(H,15,17). The molecule has 0 aliphatic carbocycles. The number of carbonyl (C=O) groups is 1. The van der Waals surface area contributed by atoms with Crippen LogP contribution in [-0.2, 0) is 7.05 Å². The lowest BCUT2D eigenvalue weighted by Crippen LogP contribution is -2.12. The maximum atomic E-state index is 11.8. The zero-order valence-electron chi connectivity index (χ0n) is 9.14. The fourth-order valence-corrected chi connectivity index (χ4v) is 1.59. The van der Waals surface area contributed by atoms with Crippen LogP contribution in [0, 0.1) is 0 Å². The quantitative estimate of drug-likeness (QED) is 0.832. The van der Waals surface area contributed by atoms with Crippen LogP contribution in [0.2, 0.25) is 0 Å². The summed E-state index contributed by atoms with van der Waals surface area (Å²) >= 11 is 3.29. The van der Waals surface area contributed by atoms with Crippen LogP contribution < -0.4 is 11.1 Å². The summed E-state index contributed by atoms with van der Waals surface area (Å²) in [5.41, 5.74) is 7.30. The Labute approximate surface area is 107 Å². The van der Waals surface area contributed by atoms with Crippen LogP contribution >= 0.6 is 15.9 Å². The van der Waals surface area contributed by atoms with Gasteiger partial charge in [0, 0.05) is 29.1 Å². The van der Waals surface area contributed by atoms with Crippen molar-refractivity contribution in [2.45, 2.75) is 0 Å². The molecule has 1 heterocycles. The van der Waals surface area contributed by atoms with Crippen molar-refractivity contribution in [1.29, 1.82) is 0 Å². The zero-order valence-corrected chi connectivity index (χ0v) is 10.7. The topological polar surface area (TPSA) is 72.9 Å². The molecule has 0 saturated heterocycles. The fraction of sp³-hybridized carbons (Fsp3) is 0.0909. The van der Waals surface area contributed by atoms with Crippen LogP contribution in [0.1, 0.15) is 10.5 Å². The van der Waals surface area contributed by atoms with Crippen LogP contribution in [0.4, 0.5) is 11.4 Å². The maximum absolute atomic E-state index is 11.8. The number of nitrogens with zero attached hydrogens (tertiary/aromatic N) is 2. The van der Waals surface area contributed by atoms with Crippen molar-refractivity contribution in [1.82, 2.24) is 9.55 Å². The molecule has 0 radical (unpaired) electrons. The second-order valence-corrected chi connectivity index (χ2v) is 4.47. The van der Waals surface area contributed by atoms with E-state index in [4.69, 9.17) is 5.73 Å². The lowest BCUT2D eigenvalue weighted by Gasteiger charge is -2.05. The van der Waals surface area contributed by atoms with Gasteiger partial charge in [0.1, 0.15) is 5.69 Å². The van der Waals surface area contributed by atoms with Crippen molar-refractivity contribution >= 4 is 33.2 Å². The van der Waals surface area contributed by atoms with Gasteiger partial charge in [0.05, 0.1) is 6.33 Å². The Kier molecular flexibility index (Phi) is 3.14. The minimum Gasteiger partial charge on any atom is -0.398 e. The van der Waals surface area contributed by atoms with Gasteiger partial charge in [-0.05, 0) is 34.1 Å². The summed E-state index contributed by atoms with van der Waals surface area (Å²) < 4.78 is 2.51. The van der Waals surface area contributed by atoms with Gasteiger partial charge in [0.15, 0.2) is 0 Å². The van der Waals surface area contributed by atoms with Gasteiger partial charge in [0.2, 0.25) is 0 Å². The predicted molar refractivity (Wildman–Crippen MR) is 69.7 cm³/mol. The van der Waals surface area contributed by atoms with Crippen LogP contribution in [-0.4, -0.2) is 15.5 Å². The number of benzene rings is 1. The average molecular weight is 295 g/mol. The molecule has 0 unspecified atom stereocenters. The fourth-order valence-electron chi connectivity index (χ4n) is 1.35. The van der Waals surface area contributed by atoms with Crippen molar-refractivity contribution < 1.29 is 4.79 Å². The first kappa shape index (κ1) is 11.7. The predicted octanol–water partition coefficient (Wildman–Crippen LogP) is 2.02. The highest BCUT2D eigenvalue weighted by atomic mass is 79.9. The molecule has 0 atom stereocenters. The van der Waals surface area contributed by atoms with Crippen molar-refractivity contribution in [3.8, 4) is 0 Å². The second kappa shape index (κ2) is 4.58. The molecular formula is C11H11BrN4O. The molecule has 0 aliphatic rings. The third-order valence-corrected chi connectivity index (χ3v) is 2.91. The largest absolute Gasteiger partial charge is 0.398 e. The van der Waals surface area contributed by atoms with Gasteiger partial charge >= 0.3 is 0 Å². The number of imidazole rings is 1. The van der Waals surface area contributed by atoms with E-state index in [9.17, 15) is 4.79 Å². The van der Waals surface area contributed by atoms with Gasteiger partial charge in [-0.25, -0.2) is 4.98 Å². The Morgan fingerprint density at radius 2 is 2.29 bits per heavy atom. The molecule has 0 saturated carbocycles. The Hall–Kier alpha value is -1.82. The Morgan fingerprint density at radius 3 is 2.88 bits per heavy atom. The summed E-state index contributed by atoms with van der Waals surface area (Å²) in [5, 5.41) is 2.72. The summed E-state index contributed by atoms with van der Waals surface area (Å²) in [5.74, 6) is -0.257. The van der Waals surface area contributed by atoms with Gasteiger partial charge in [-0.15, -0.1) is 0 Å². The number of aryl methyl sites for hydroxylation is 1. The Bertz CT molecular complexity index is 564. The molecule has 0 spiro atoms. The molecule has 2 rings (SSSR count). The van der Waals surface area contributed by atoms with E-state index in [-0.39, 0.29) is 5.91 Å². The molecule has 1 amide bonds. The molecule has 0 aliphatic heterocycles. The van der Waals surface area contributed by atoms with E-state index in [1.807, 2.05) is 0 Å². The van der Waals surface area contributed by atoms with Gasteiger partial charge in [-0.3, -0.25) is 4.79 Å². The number of halogens is 1. The van der Waals surface area contributed by atoms with E-state index in [1.54, 1.807) is 42.3 Å². The van der Waals surface area contributed by atoms with Gasteiger partial charge < -0.3 is 15.6 Å². The molecule has 0 bridgehead atoms. The van der Waals surface area contributed by atoms with Gasteiger partial charge in [0.25, 0.3) is 5.91 Å². The van der Waals surface area contributed by atoms with E-state index in [1.165, 1.54) is 0 Å². The van der Waals surface area contributed by atoms with Crippen LogP contribution in [0.3, 0.4) is 0 Å². The van der Waals surface area contributed by atoms with E-state index < -0.39 is 0 Å². The third-order valence-electron chi connectivity index (χ3n) is 2.19. The average Bonchev–Trinajstić information content (AvgIpc) is 2.70. The van der Waals surface area contributed by atoms with Crippen LogP contribution in [0.25, 0.3) is 0 Å². The molecule has 1 aromatic heterocycles. The highest BCUT2D eigenvalue weighted by Crippen LogP contribution is 2.23. The molecule has 3 N–H and O–H groups in total. The summed E-state index contributed by atoms with van der Waals surface area (Å²) in [6.45, 7) is 0. The van der Waals surface area contributed by atoms with Crippen LogP contribution in [0.5, 0.6) is 0 Å². The SMILES string of the molecule is Cn1cnc(C(=O)Nc2ccc(Br)c(N)c2)c1. The molecule has 88 valence electrons. The molecule has 17 heavy (non-hydrogen) atoms. The van der Waals surface area contributed by atoms with Crippen molar-refractivity contribution in [2.75, 3.05) is 11.1 Å². The number of nitrogens with two attached hydrogens (primary N) is 1. The lowest BCUT2D eigenvalue weighted by molar-refractivity contribution is 0.102. The number of hydrogen-bond acceptors (Lipinski definition) is 3. The summed E-state index contributed by atoms with van der Waals surface area (Å²) in [6.07, 6.45) is 3.22. The summed E-state index contributed by atoms with van der Waals surface area (Å²) in [7, 11) is 1.81. The minimum atomic E-state index is -0.257. The molecule has 5 nitrogen and oxygen atoms in total. The van der Waals surface area contributed by atoms with E-state index >= 15 is 0 Å². The van der Waals surface area contributed by atoms with Gasteiger partial charge in [-0.2, -0.15) is 0 Å². The van der Waals surface area contributed by atoms with Gasteiger partial charge in [-0.1, -0.05) is 0 Å². The smallest absolute Gasteiger partial charge is 0.275 e. The minimum absolute atomic E-state index is 0.257. The van der Waals surface area contributed by atoms with E-state index in [0.717, 1.165) is 4.47 Å². The first-order chi connectivity index (χ1) is 8.06. The summed E-state index contributed by atoms with van der Waals surface area (Å²) in [6, 6.07) is 5.23. The number of hydrogen-bond donors (Lipinski definition) is 2. The molecule has 2 aromatic rings. The highest BCUT2D eigenvalue weighted by Gasteiger charge is 2.09. The van der Waals surface area contributed by atoms with E-state index in [2.05, 4.69) is 26.2 Å². The zero-order chi connectivity index (χ0) is 12.4. The molecule has 6 heteroatoms. The maximum Gasteiger partial charge on any atom is 0.275 e. The number of nitrogens with one attached hydrogen (secondary N) is 1. The first-order valence-electron chi connectivity index (χ1n) is 4.90. The summed E-state index contributed by atoms with van der Waals surface area (Å²) in [4.78, 5) is 15.7. The number of nitrogen functional groups attached to an aromatic ring is 1. The van der Waals surface area contributed by atoms with E-state index in [0.29, 0.717) is 17.1 Å². The second-order valence-electron chi connectivity index (χ2n) is 3.61. The Morgan fingerprint density at radius 1 is 1.53 bits per heavy atom. The lowest BCUT2D eigenvalue weighted by atomic mass is 10.3. The molecule has 1 aromatic carbocycles. The Balaban J connectivity index is 2.15. The number of aromatic nitrogens is 2. The highest BCUT2D eigenvalue weighted by molar-refractivity contribution is 9.10. The number of anilines is 2. The molecular weight excluding hydrogens is 284 g/mol. The monoisotopic (exact) mass is 294 g/mol. The normalized spacial score (nSPS) is 10.2. The van der Waals surface area contributed by atoms with Crippen molar-refractivity contribution in [3.63, 3.8) is 0 Å². The van der Waals surface area contributed by atoms with Crippen LogP contribution in [0.15, 0.2) is 35.2 Å². The number of carbonyl (C=O) groups excluding carboxylic acids is 1.